The van der Waals surface area contributed by atoms with Crippen LogP contribution < -0.4 is 5.73 Å². The SMILES string of the molecule is NC1(c2cc3c(cc2O)CCC3)CCCC1. The van der Waals surface area contributed by atoms with Crippen LogP contribution in [0.3, 0.4) is 0 Å². The molecular formula is C14H19NO. The molecule has 0 aromatic heterocycles. The summed E-state index contributed by atoms with van der Waals surface area (Å²) in [7, 11) is 0. The van der Waals surface area contributed by atoms with Crippen molar-refractivity contribution >= 4 is 0 Å². The van der Waals surface area contributed by atoms with Gasteiger partial charge in [-0.2, -0.15) is 0 Å². The number of aromatic hydroxyl groups is 1. The lowest BCUT2D eigenvalue weighted by Gasteiger charge is -2.26. The van der Waals surface area contributed by atoms with Crippen molar-refractivity contribution in [2.75, 3.05) is 0 Å². The molecule has 3 rings (SSSR count). The van der Waals surface area contributed by atoms with Crippen molar-refractivity contribution in [3.05, 3.63) is 28.8 Å². The van der Waals surface area contributed by atoms with E-state index in [0.717, 1.165) is 31.2 Å². The monoisotopic (exact) mass is 217 g/mol. The molecule has 0 unspecified atom stereocenters. The number of phenols is 1. The van der Waals surface area contributed by atoms with Crippen LogP contribution in [-0.4, -0.2) is 5.11 Å². The molecule has 86 valence electrons. The first kappa shape index (κ1) is 10.2. The van der Waals surface area contributed by atoms with Crippen LogP contribution in [0.2, 0.25) is 0 Å². The number of rotatable bonds is 1. The van der Waals surface area contributed by atoms with Gasteiger partial charge < -0.3 is 10.8 Å². The van der Waals surface area contributed by atoms with E-state index in [1.165, 1.54) is 30.4 Å². The Bertz CT molecular complexity index is 419. The number of hydrogen-bond acceptors (Lipinski definition) is 2. The molecule has 0 heterocycles. The molecule has 0 aliphatic heterocycles. The maximum Gasteiger partial charge on any atom is 0.120 e. The number of phenolic OH excluding ortho intramolecular Hbond substituents is 1. The minimum Gasteiger partial charge on any atom is -0.508 e. The van der Waals surface area contributed by atoms with Crippen molar-refractivity contribution in [3.63, 3.8) is 0 Å². The molecule has 0 saturated heterocycles. The molecule has 0 atom stereocenters. The molecular weight excluding hydrogens is 198 g/mol. The molecule has 16 heavy (non-hydrogen) atoms. The van der Waals surface area contributed by atoms with E-state index in [9.17, 15) is 5.11 Å². The zero-order valence-electron chi connectivity index (χ0n) is 9.63. The van der Waals surface area contributed by atoms with Crippen molar-refractivity contribution in [2.45, 2.75) is 50.5 Å². The fraction of sp³-hybridized carbons (Fsp3) is 0.571. The van der Waals surface area contributed by atoms with Crippen molar-refractivity contribution < 1.29 is 5.11 Å². The topological polar surface area (TPSA) is 46.2 Å². The fourth-order valence-corrected chi connectivity index (χ4v) is 3.29. The van der Waals surface area contributed by atoms with Gasteiger partial charge in [0.05, 0.1) is 0 Å². The Balaban J connectivity index is 2.07. The summed E-state index contributed by atoms with van der Waals surface area (Å²) >= 11 is 0. The normalized spacial score (nSPS) is 22.3. The molecule has 2 aliphatic carbocycles. The standard InChI is InChI=1S/C14H19NO/c15-14(6-1-2-7-14)12-8-10-4-3-5-11(10)9-13(12)16/h8-9,16H,1-7,15H2. The first-order valence-electron chi connectivity index (χ1n) is 6.33. The third-order valence-corrected chi connectivity index (χ3v) is 4.24. The minimum atomic E-state index is -0.262. The first-order chi connectivity index (χ1) is 7.69. The predicted molar refractivity (Wildman–Crippen MR) is 64.5 cm³/mol. The number of fused-ring (bicyclic) bond motifs is 1. The zero-order chi connectivity index (χ0) is 11.2. The van der Waals surface area contributed by atoms with Gasteiger partial charge in [-0.3, -0.25) is 0 Å². The Kier molecular flexibility index (Phi) is 2.21. The van der Waals surface area contributed by atoms with E-state index in [0.29, 0.717) is 5.75 Å². The fourth-order valence-electron chi connectivity index (χ4n) is 3.29. The van der Waals surface area contributed by atoms with Gasteiger partial charge in [0.15, 0.2) is 0 Å². The van der Waals surface area contributed by atoms with E-state index in [1.54, 1.807) is 0 Å². The van der Waals surface area contributed by atoms with Crippen LogP contribution in [0.15, 0.2) is 12.1 Å². The Morgan fingerprint density at radius 3 is 2.31 bits per heavy atom. The summed E-state index contributed by atoms with van der Waals surface area (Å²) in [5.41, 5.74) is 9.87. The molecule has 1 saturated carbocycles. The molecule has 1 aromatic rings. The predicted octanol–water partition coefficient (Wildman–Crippen LogP) is 2.61. The summed E-state index contributed by atoms with van der Waals surface area (Å²) in [5.74, 6) is 0.421. The molecule has 3 N–H and O–H groups in total. The van der Waals surface area contributed by atoms with E-state index in [2.05, 4.69) is 6.07 Å². The highest BCUT2D eigenvalue weighted by atomic mass is 16.3. The van der Waals surface area contributed by atoms with Gasteiger partial charge in [-0.05, 0) is 55.4 Å². The molecule has 0 bridgehead atoms. The van der Waals surface area contributed by atoms with Gasteiger partial charge in [0.25, 0.3) is 0 Å². The van der Waals surface area contributed by atoms with Crippen LogP contribution in [0.5, 0.6) is 5.75 Å². The average Bonchev–Trinajstić information content (AvgIpc) is 2.85. The van der Waals surface area contributed by atoms with Crippen molar-refractivity contribution in [1.82, 2.24) is 0 Å². The van der Waals surface area contributed by atoms with E-state index in [4.69, 9.17) is 5.73 Å². The second-order valence-electron chi connectivity index (χ2n) is 5.35. The molecule has 0 amide bonds. The van der Waals surface area contributed by atoms with Crippen molar-refractivity contribution in [3.8, 4) is 5.75 Å². The second kappa shape index (κ2) is 3.49. The van der Waals surface area contributed by atoms with Gasteiger partial charge in [-0.25, -0.2) is 0 Å². The van der Waals surface area contributed by atoms with E-state index >= 15 is 0 Å². The molecule has 1 aromatic carbocycles. The van der Waals surface area contributed by atoms with Gasteiger partial charge >= 0.3 is 0 Å². The molecule has 1 fully saturated rings. The Labute approximate surface area is 96.5 Å². The summed E-state index contributed by atoms with van der Waals surface area (Å²) in [6.45, 7) is 0. The highest BCUT2D eigenvalue weighted by Gasteiger charge is 2.34. The smallest absolute Gasteiger partial charge is 0.120 e. The molecule has 2 aliphatic rings. The summed E-state index contributed by atoms with van der Waals surface area (Å²) in [5, 5.41) is 10.1. The lowest BCUT2D eigenvalue weighted by atomic mass is 9.87. The van der Waals surface area contributed by atoms with Crippen LogP contribution >= 0.6 is 0 Å². The lowest BCUT2D eigenvalue weighted by Crippen LogP contribution is -2.33. The van der Waals surface area contributed by atoms with Gasteiger partial charge in [0, 0.05) is 11.1 Å². The van der Waals surface area contributed by atoms with E-state index in [-0.39, 0.29) is 5.54 Å². The van der Waals surface area contributed by atoms with Gasteiger partial charge in [0.1, 0.15) is 5.75 Å². The summed E-state index contributed by atoms with van der Waals surface area (Å²) < 4.78 is 0. The van der Waals surface area contributed by atoms with E-state index in [1.807, 2.05) is 6.07 Å². The van der Waals surface area contributed by atoms with Crippen LogP contribution in [0, 0.1) is 0 Å². The zero-order valence-corrected chi connectivity index (χ0v) is 9.63. The van der Waals surface area contributed by atoms with E-state index < -0.39 is 0 Å². The van der Waals surface area contributed by atoms with Crippen molar-refractivity contribution in [1.29, 1.82) is 0 Å². The Morgan fingerprint density at radius 1 is 1.00 bits per heavy atom. The minimum absolute atomic E-state index is 0.262. The Hall–Kier alpha value is -1.02. The van der Waals surface area contributed by atoms with Gasteiger partial charge in [-0.1, -0.05) is 12.8 Å². The van der Waals surface area contributed by atoms with Gasteiger partial charge in [-0.15, -0.1) is 0 Å². The Morgan fingerprint density at radius 2 is 1.62 bits per heavy atom. The van der Waals surface area contributed by atoms with Crippen LogP contribution in [0.1, 0.15) is 48.8 Å². The average molecular weight is 217 g/mol. The van der Waals surface area contributed by atoms with Crippen LogP contribution in [0.25, 0.3) is 0 Å². The highest BCUT2D eigenvalue weighted by molar-refractivity contribution is 5.47. The number of hydrogen-bond donors (Lipinski definition) is 2. The number of benzene rings is 1. The molecule has 2 heteroatoms. The third-order valence-electron chi connectivity index (χ3n) is 4.24. The molecule has 0 radical (unpaired) electrons. The largest absolute Gasteiger partial charge is 0.508 e. The highest BCUT2D eigenvalue weighted by Crippen LogP contribution is 2.42. The summed E-state index contributed by atoms with van der Waals surface area (Å²) in [6, 6.07) is 4.12. The molecule has 0 spiro atoms. The first-order valence-corrected chi connectivity index (χ1v) is 6.33. The lowest BCUT2D eigenvalue weighted by molar-refractivity contribution is 0.408. The summed E-state index contributed by atoms with van der Waals surface area (Å²) in [6.07, 6.45) is 7.88. The summed E-state index contributed by atoms with van der Waals surface area (Å²) in [4.78, 5) is 0. The van der Waals surface area contributed by atoms with Crippen LogP contribution in [-0.2, 0) is 18.4 Å². The number of aryl methyl sites for hydroxylation is 2. The maximum absolute atomic E-state index is 10.1. The quantitative estimate of drug-likeness (QED) is 0.759. The van der Waals surface area contributed by atoms with Crippen LogP contribution in [0.4, 0.5) is 0 Å². The van der Waals surface area contributed by atoms with Crippen molar-refractivity contribution in [2.24, 2.45) is 5.73 Å². The molecule has 2 nitrogen and oxygen atoms in total. The maximum atomic E-state index is 10.1. The second-order valence-corrected chi connectivity index (χ2v) is 5.35. The third kappa shape index (κ3) is 1.44. The number of nitrogens with two attached hydrogens (primary N) is 1. The van der Waals surface area contributed by atoms with Gasteiger partial charge in [0.2, 0.25) is 0 Å².